The first-order valence-corrected chi connectivity index (χ1v) is 5.99. The highest BCUT2D eigenvalue weighted by Gasteiger charge is 2.02. The highest BCUT2D eigenvalue weighted by atomic mass is 14.9. The molecule has 0 heterocycles. The van der Waals surface area contributed by atoms with Gasteiger partial charge in [-0.05, 0) is 46.2 Å². The van der Waals surface area contributed by atoms with Crippen LogP contribution in [0.15, 0.2) is 35.9 Å². The molecule has 0 amide bonds. The first-order valence-electron chi connectivity index (χ1n) is 5.99. The van der Waals surface area contributed by atoms with Crippen molar-refractivity contribution in [3.8, 4) is 0 Å². The fourth-order valence-electron chi connectivity index (χ4n) is 1.90. The summed E-state index contributed by atoms with van der Waals surface area (Å²) in [4.78, 5) is 0. The summed E-state index contributed by atoms with van der Waals surface area (Å²) in [5, 5.41) is 3.34. The van der Waals surface area contributed by atoms with E-state index in [1.54, 1.807) is 0 Å². The molecule has 0 aromatic heterocycles. The summed E-state index contributed by atoms with van der Waals surface area (Å²) >= 11 is 0. The SMILES string of the molecule is CNC(C=C(C)C)CCc1cccc(C)c1. The Labute approximate surface area is 99.6 Å². The average molecular weight is 217 g/mol. The van der Waals surface area contributed by atoms with Gasteiger partial charge in [-0.25, -0.2) is 0 Å². The van der Waals surface area contributed by atoms with Crippen molar-refractivity contribution >= 4 is 0 Å². The zero-order valence-corrected chi connectivity index (χ0v) is 10.9. The summed E-state index contributed by atoms with van der Waals surface area (Å²) in [7, 11) is 2.03. The van der Waals surface area contributed by atoms with Gasteiger partial charge in [0, 0.05) is 6.04 Å². The van der Waals surface area contributed by atoms with Gasteiger partial charge in [0.15, 0.2) is 0 Å². The Morgan fingerprint density at radius 2 is 2.12 bits per heavy atom. The van der Waals surface area contributed by atoms with E-state index >= 15 is 0 Å². The predicted octanol–water partition coefficient (Wildman–Crippen LogP) is 3.48. The number of hydrogen-bond acceptors (Lipinski definition) is 1. The van der Waals surface area contributed by atoms with Crippen LogP contribution in [0.2, 0.25) is 0 Å². The van der Waals surface area contributed by atoms with Crippen molar-refractivity contribution in [2.45, 2.75) is 39.7 Å². The van der Waals surface area contributed by atoms with Crippen molar-refractivity contribution in [1.82, 2.24) is 5.32 Å². The lowest BCUT2D eigenvalue weighted by atomic mass is 10.0. The Morgan fingerprint density at radius 1 is 1.38 bits per heavy atom. The molecule has 0 saturated heterocycles. The average Bonchev–Trinajstić information content (AvgIpc) is 2.24. The fourth-order valence-corrected chi connectivity index (χ4v) is 1.90. The topological polar surface area (TPSA) is 12.0 Å². The van der Waals surface area contributed by atoms with Gasteiger partial charge in [0.1, 0.15) is 0 Å². The second-order valence-electron chi connectivity index (χ2n) is 4.67. The zero-order valence-electron chi connectivity index (χ0n) is 10.9. The van der Waals surface area contributed by atoms with Crippen LogP contribution in [0.3, 0.4) is 0 Å². The summed E-state index contributed by atoms with van der Waals surface area (Å²) in [5.74, 6) is 0. The van der Waals surface area contributed by atoms with Gasteiger partial charge >= 0.3 is 0 Å². The third-order valence-electron chi connectivity index (χ3n) is 2.73. The number of aryl methyl sites for hydroxylation is 2. The maximum absolute atomic E-state index is 3.34. The Bertz CT molecular complexity index is 348. The fraction of sp³-hybridized carbons (Fsp3) is 0.467. The molecule has 1 aromatic rings. The molecule has 0 aliphatic heterocycles. The van der Waals surface area contributed by atoms with Crippen LogP contribution in [0.4, 0.5) is 0 Å². The third kappa shape index (κ3) is 4.63. The van der Waals surface area contributed by atoms with Crippen molar-refractivity contribution < 1.29 is 0 Å². The van der Waals surface area contributed by atoms with Crippen molar-refractivity contribution in [3.05, 3.63) is 47.0 Å². The van der Waals surface area contributed by atoms with Gasteiger partial charge in [-0.15, -0.1) is 0 Å². The molecule has 1 heteroatoms. The second-order valence-corrected chi connectivity index (χ2v) is 4.67. The van der Waals surface area contributed by atoms with Gasteiger partial charge in [0.25, 0.3) is 0 Å². The molecule has 0 aliphatic carbocycles. The maximum Gasteiger partial charge on any atom is 0.0252 e. The molecular formula is C15H23N. The molecule has 0 bridgehead atoms. The Balaban J connectivity index is 2.53. The van der Waals surface area contributed by atoms with Crippen LogP contribution in [0.1, 0.15) is 31.4 Å². The van der Waals surface area contributed by atoms with E-state index in [-0.39, 0.29) is 0 Å². The number of hydrogen-bond donors (Lipinski definition) is 1. The third-order valence-corrected chi connectivity index (χ3v) is 2.73. The molecule has 1 aromatic carbocycles. The number of rotatable bonds is 5. The molecule has 1 atom stereocenters. The van der Waals surface area contributed by atoms with Crippen LogP contribution in [-0.4, -0.2) is 13.1 Å². The minimum Gasteiger partial charge on any atom is -0.314 e. The van der Waals surface area contributed by atoms with E-state index in [0.29, 0.717) is 6.04 Å². The summed E-state index contributed by atoms with van der Waals surface area (Å²) in [6, 6.07) is 9.26. The van der Waals surface area contributed by atoms with Gasteiger partial charge in [-0.3, -0.25) is 0 Å². The lowest BCUT2D eigenvalue weighted by molar-refractivity contribution is 0.611. The molecule has 0 spiro atoms. The lowest BCUT2D eigenvalue weighted by Gasteiger charge is -2.12. The second kappa shape index (κ2) is 6.49. The van der Waals surface area contributed by atoms with Gasteiger partial charge < -0.3 is 5.32 Å². The number of likely N-dealkylation sites (N-methyl/N-ethyl adjacent to an activating group) is 1. The summed E-state index contributed by atoms with van der Waals surface area (Å²) < 4.78 is 0. The highest BCUT2D eigenvalue weighted by Crippen LogP contribution is 2.09. The van der Waals surface area contributed by atoms with Crippen LogP contribution in [0.5, 0.6) is 0 Å². The van der Waals surface area contributed by atoms with Crippen LogP contribution in [0, 0.1) is 6.92 Å². The first kappa shape index (κ1) is 13.0. The van der Waals surface area contributed by atoms with Crippen molar-refractivity contribution in [2.75, 3.05) is 7.05 Å². The van der Waals surface area contributed by atoms with E-state index in [1.807, 2.05) is 7.05 Å². The van der Waals surface area contributed by atoms with Gasteiger partial charge in [-0.2, -0.15) is 0 Å². The zero-order chi connectivity index (χ0) is 12.0. The van der Waals surface area contributed by atoms with E-state index in [2.05, 4.69) is 56.4 Å². The number of nitrogens with one attached hydrogen (secondary N) is 1. The summed E-state index contributed by atoms with van der Waals surface area (Å²) in [5.41, 5.74) is 4.16. The molecule has 1 nitrogen and oxygen atoms in total. The molecule has 1 N–H and O–H groups in total. The van der Waals surface area contributed by atoms with Crippen molar-refractivity contribution in [1.29, 1.82) is 0 Å². The Morgan fingerprint density at radius 3 is 2.69 bits per heavy atom. The Kier molecular flexibility index (Phi) is 5.27. The lowest BCUT2D eigenvalue weighted by Crippen LogP contribution is -2.23. The van der Waals surface area contributed by atoms with E-state index in [0.717, 1.165) is 12.8 Å². The van der Waals surface area contributed by atoms with Gasteiger partial charge in [0.05, 0.1) is 0 Å². The molecular weight excluding hydrogens is 194 g/mol. The molecule has 16 heavy (non-hydrogen) atoms. The maximum atomic E-state index is 3.34. The quantitative estimate of drug-likeness (QED) is 0.745. The first-order chi connectivity index (χ1) is 7.61. The van der Waals surface area contributed by atoms with Crippen LogP contribution in [-0.2, 0) is 6.42 Å². The molecule has 1 rings (SSSR count). The van der Waals surface area contributed by atoms with Gasteiger partial charge in [-0.1, -0.05) is 41.5 Å². The van der Waals surface area contributed by atoms with E-state index < -0.39 is 0 Å². The molecule has 88 valence electrons. The molecule has 0 aliphatic rings. The summed E-state index contributed by atoms with van der Waals surface area (Å²) in [6.45, 7) is 6.45. The molecule has 0 saturated carbocycles. The van der Waals surface area contributed by atoms with Crippen LogP contribution >= 0.6 is 0 Å². The van der Waals surface area contributed by atoms with Crippen LogP contribution in [0.25, 0.3) is 0 Å². The molecule has 0 radical (unpaired) electrons. The van der Waals surface area contributed by atoms with Gasteiger partial charge in [0.2, 0.25) is 0 Å². The van der Waals surface area contributed by atoms with Crippen molar-refractivity contribution in [2.24, 2.45) is 0 Å². The standard InChI is InChI=1S/C15H23N/c1-12(2)10-15(16-4)9-8-14-7-5-6-13(3)11-14/h5-7,10-11,15-16H,8-9H2,1-4H3. The molecule has 0 fully saturated rings. The van der Waals surface area contributed by atoms with E-state index in [4.69, 9.17) is 0 Å². The van der Waals surface area contributed by atoms with E-state index in [9.17, 15) is 0 Å². The smallest absolute Gasteiger partial charge is 0.0252 e. The summed E-state index contributed by atoms with van der Waals surface area (Å²) in [6.07, 6.45) is 4.60. The largest absolute Gasteiger partial charge is 0.314 e. The highest BCUT2D eigenvalue weighted by molar-refractivity contribution is 5.22. The van der Waals surface area contributed by atoms with E-state index in [1.165, 1.54) is 16.7 Å². The molecule has 1 unspecified atom stereocenters. The minimum atomic E-state index is 0.491. The monoisotopic (exact) mass is 217 g/mol. The van der Waals surface area contributed by atoms with Crippen molar-refractivity contribution in [3.63, 3.8) is 0 Å². The van der Waals surface area contributed by atoms with Crippen LogP contribution < -0.4 is 5.32 Å². The normalized spacial score (nSPS) is 12.2. The Hall–Kier alpha value is -1.08. The number of benzene rings is 1. The number of allylic oxidation sites excluding steroid dienone is 1. The predicted molar refractivity (Wildman–Crippen MR) is 71.8 cm³/mol. The minimum absolute atomic E-state index is 0.491.